The van der Waals surface area contributed by atoms with Crippen LogP contribution in [0.25, 0.3) is 0 Å². The fraction of sp³-hybridized carbons (Fsp3) is 0.593. The molecule has 5 aromatic rings. The van der Waals surface area contributed by atoms with Crippen LogP contribution in [0.3, 0.4) is 0 Å². The van der Waals surface area contributed by atoms with Crippen molar-refractivity contribution < 1.29 is 98.1 Å². The summed E-state index contributed by atoms with van der Waals surface area (Å²) >= 11 is 0. The van der Waals surface area contributed by atoms with Crippen LogP contribution in [-0.4, -0.2) is 273 Å². The third kappa shape index (κ3) is 43.5. The maximum absolute atomic E-state index is 12.6. The van der Waals surface area contributed by atoms with Crippen molar-refractivity contribution in [1.29, 1.82) is 0 Å². The second kappa shape index (κ2) is 66.7. The van der Waals surface area contributed by atoms with E-state index in [1.165, 1.54) is 0 Å². The van der Waals surface area contributed by atoms with Crippen LogP contribution in [0.4, 0.5) is 58.2 Å². The molecule has 0 atom stereocenters. The molecule has 0 saturated heterocycles. The highest BCUT2D eigenvalue weighted by molar-refractivity contribution is 6.06. The number of carboxylic acid groups (broad SMARTS) is 3. The number of ketones is 5. The predicted octanol–water partition coefficient (Wildman–Crippen LogP) is 3.39. The van der Waals surface area contributed by atoms with Crippen molar-refractivity contribution in [3.8, 4) is 0 Å². The number of hydrogen-bond acceptors (Lipinski definition) is 39. The minimum Gasteiger partial charge on any atom is -0.481 e. The zero-order valence-electron chi connectivity index (χ0n) is 74.4. The average molecular weight is 1810 g/mol. The van der Waals surface area contributed by atoms with Gasteiger partial charge in [-0.1, -0.05) is 54.9 Å². The lowest BCUT2D eigenvalue weighted by molar-refractivity contribution is -0.137. The van der Waals surface area contributed by atoms with Crippen LogP contribution in [-0.2, 0) is 14.4 Å². The quantitative estimate of drug-likeness (QED) is 0.0196. The van der Waals surface area contributed by atoms with Crippen molar-refractivity contribution in [1.82, 2.24) is 76.4 Å². The largest absolute Gasteiger partial charge is 0.481 e. The van der Waals surface area contributed by atoms with Crippen molar-refractivity contribution in [2.24, 2.45) is 11.5 Å². The van der Waals surface area contributed by atoms with E-state index in [0.29, 0.717) is 122 Å². The van der Waals surface area contributed by atoms with E-state index in [2.05, 4.69) is 108 Å². The Morgan fingerprint density at radius 3 is 0.648 bits per heavy atom. The van der Waals surface area contributed by atoms with Gasteiger partial charge >= 0.3 is 17.9 Å². The molecule has 0 spiro atoms. The van der Waals surface area contributed by atoms with Gasteiger partial charge in [0.2, 0.25) is 0 Å². The Morgan fingerprint density at radius 1 is 0.234 bits per heavy atom. The second-order valence-corrected chi connectivity index (χ2v) is 28.0. The summed E-state index contributed by atoms with van der Waals surface area (Å²) < 4.78 is 0. The van der Waals surface area contributed by atoms with Crippen LogP contribution < -0.4 is 92.9 Å². The molecular formula is C81H133N27O20. The maximum atomic E-state index is 12.6. The topological polar surface area (TPSA) is 781 Å². The fourth-order valence-electron chi connectivity index (χ4n) is 10.4. The third-order valence-electron chi connectivity index (χ3n) is 17.0. The number of carbonyl (C=O) groups excluding carboxylic acids is 10. The molecule has 0 aliphatic carbocycles. The number of nitrogens with zero attached hydrogens (tertiary/aromatic N) is 10. The molecule has 0 aliphatic heterocycles. The van der Waals surface area contributed by atoms with Crippen molar-refractivity contribution in [2.75, 3.05) is 166 Å². The number of aromatic nitrogens is 10. The summed E-state index contributed by atoms with van der Waals surface area (Å²) in [5.74, 6) is -6.29. The number of nitrogens with one attached hydrogen (secondary N) is 11. The van der Waals surface area contributed by atoms with Gasteiger partial charge in [-0.05, 0) is 96.3 Å². The first-order valence-electron chi connectivity index (χ1n) is 42.9. The molecule has 0 aliphatic rings. The number of hydrogen-bond donors (Lipinski definition) is 24. The lowest BCUT2D eigenvalue weighted by Crippen LogP contribution is -2.31. The molecule has 128 heavy (non-hydrogen) atoms. The normalized spacial score (nSPS) is 10.4. The van der Waals surface area contributed by atoms with E-state index >= 15 is 0 Å². The molecule has 5 heterocycles. The Morgan fingerprint density at radius 2 is 0.430 bits per heavy atom. The predicted molar refractivity (Wildman–Crippen MR) is 482 cm³/mol. The Labute approximate surface area is 743 Å². The standard InChI is InChI=1S/C19H31N5O5.C19H31N5O4.C18H32N6O3.C13H19N5O5.C12H20N6O3/c1-3-9-20-17-15(13(26)7-5-6-12-25)23-18(21-10-4-2)16(24-17)19(29)22-11-8-14(27)28;1-4-7-8-13(25)15-17(20-10-5-2)24-16(18(23-15)21-11-6-3)19(28)22-12-9-14(26)27;1-3-9-20-16-14(13(26)7-5-6-12-25)23-17(21-10-4-2)15(24-16)18(27)22-11-8-19;14-11-9(7(20)3-1-2-6-19)17-12(15)10(18-11)13(23)16-5-4-8(21)22;13-4-5-16-12(21)9-11(15)17-8(10(14)18-9)7(20)3-1-2-6-19/h25H,3-12H2,1-2H3,(H,20,24)(H,21,23)(H,22,29)(H,27,28);4-12H2,1-3H3,(H,20,24)(H,21,23)(H,22,28)(H,26,27);25H,3-12,19H2,1-2H3,(H,20,24)(H,21,23)(H,22,27);19H,1-6H2,(H2,14,18)(H2,15,17)(H,16,23)(H,21,22);19H,1-6,13H2,(H2,14,18)(H2,15,17)(H,16,21). The van der Waals surface area contributed by atoms with E-state index in [9.17, 15) is 62.3 Å². The minimum absolute atomic E-state index is 0.00866. The molecule has 0 fully saturated rings. The summed E-state index contributed by atoms with van der Waals surface area (Å²) in [4.78, 5) is 196. The number of carbonyl (C=O) groups is 13. The van der Waals surface area contributed by atoms with Crippen LogP contribution in [0, 0.1) is 0 Å². The second-order valence-electron chi connectivity index (χ2n) is 28.0. The SMILES string of the molecule is CCCCC(=O)c1nc(NCCC)c(C(=O)NCCC(=O)O)nc1NCCC.CCCNc1nc(C(=O)NCCC(=O)O)c(NCCC)nc1C(=O)CCCCO.CCCNc1nc(C(=O)NCCN)c(NCCC)nc1C(=O)CCCCO.NCCNC(=O)c1nc(N)c(C(=O)CCCCO)nc1N.Nc1nc(C(=O)NCCC(=O)O)c(N)nc1C(=O)CCCCO. The zero-order valence-corrected chi connectivity index (χ0v) is 74.4. The van der Waals surface area contributed by atoms with Crippen molar-refractivity contribution >= 4 is 135 Å². The summed E-state index contributed by atoms with van der Waals surface area (Å²) in [7, 11) is 0. The highest BCUT2D eigenvalue weighted by Crippen LogP contribution is 2.26. The fourth-order valence-corrected chi connectivity index (χ4v) is 10.4. The number of nitrogens with two attached hydrogens (primary N) is 6. The lowest BCUT2D eigenvalue weighted by atomic mass is 10.1. The molecule has 0 unspecified atom stereocenters. The van der Waals surface area contributed by atoms with E-state index in [4.69, 9.17) is 70.1 Å². The highest BCUT2D eigenvalue weighted by Gasteiger charge is 2.29. The van der Waals surface area contributed by atoms with Gasteiger partial charge in [0.05, 0.1) is 19.3 Å². The number of amides is 5. The van der Waals surface area contributed by atoms with Crippen LogP contribution in [0.15, 0.2) is 0 Å². The average Bonchev–Trinajstić information content (AvgIpc) is 0.805. The van der Waals surface area contributed by atoms with Crippen LogP contribution >= 0.6 is 0 Å². The summed E-state index contributed by atoms with van der Waals surface area (Å²) in [6, 6.07) is 0. The molecule has 47 heteroatoms. The molecule has 5 rings (SSSR count). The molecule has 712 valence electrons. The van der Waals surface area contributed by atoms with Crippen molar-refractivity contribution in [3.63, 3.8) is 0 Å². The van der Waals surface area contributed by atoms with Gasteiger partial charge in [-0.25, -0.2) is 49.8 Å². The van der Waals surface area contributed by atoms with E-state index in [1.54, 1.807) is 0 Å². The first-order valence-corrected chi connectivity index (χ1v) is 42.9. The number of aliphatic hydroxyl groups excluding tert-OH is 4. The van der Waals surface area contributed by atoms with Crippen molar-refractivity contribution in [2.45, 2.75) is 203 Å². The van der Waals surface area contributed by atoms with Gasteiger partial charge in [-0.3, -0.25) is 62.3 Å². The molecule has 0 saturated carbocycles. The first kappa shape index (κ1) is 113. The van der Waals surface area contributed by atoms with Crippen LogP contribution in [0.2, 0.25) is 0 Å². The number of carboxylic acids is 3. The Bertz CT molecular complexity index is 4360. The molecule has 47 nitrogen and oxygen atoms in total. The van der Waals surface area contributed by atoms with Crippen molar-refractivity contribution in [3.05, 3.63) is 56.9 Å². The van der Waals surface area contributed by atoms with E-state index in [1.807, 2.05) is 48.5 Å². The van der Waals surface area contributed by atoms with Crippen LogP contribution in [0.1, 0.15) is 307 Å². The summed E-state index contributed by atoms with van der Waals surface area (Å²) in [5, 5.41) is 92.1. The number of aliphatic hydroxyl groups is 4. The molecule has 0 radical (unpaired) electrons. The number of rotatable bonds is 60. The van der Waals surface area contributed by atoms with Gasteiger partial charge in [0.25, 0.3) is 29.5 Å². The maximum Gasteiger partial charge on any atom is 0.305 e. The Kier molecular flexibility index (Phi) is 59.0. The Balaban J connectivity index is 0.000000804. The molecule has 30 N–H and O–H groups in total. The first-order chi connectivity index (χ1) is 61.3. The van der Waals surface area contributed by atoms with Gasteiger partial charge in [0.15, 0.2) is 144 Å². The highest BCUT2D eigenvalue weighted by atomic mass is 16.4. The van der Waals surface area contributed by atoms with Gasteiger partial charge in [-0.15, -0.1) is 0 Å². The summed E-state index contributed by atoms with van der Waals surface area (Å²) in [5.41, 5.74) is 33.5. The smallest absolute Gasteiger partial charge is 0.305 e. The Hall–Kier alpha value is -12.7. The van der Waals surface area contributed by atoms with Gasteiger partial charge in [0.1, 0.15) is 0 Å². The number of unbranched alkanes of at least 4 members (excludes halogenated alkanes) is 5. The molecule has 0 bridgehead atoms. The molecule has 0 aromatic carbocycles. The molecule has 5 aromatic heterocycles. The molecule has 5 amide bonds. The van der Waals surface area contributed by atoms with E-state index < -0.39 is 41.5 Å². The number of aliphatic carboxylic acids is 3. The van der Waals surface area contributed by atoms with Gasteiger partial charge < -0.3 is 129 Å². The number of nitrogen functional groups attached to an aromatic ring is 4. The number of Topliss-reactive ketones (excluding diaryl/α,β-unsaturated/α-hetero) is 5. The zero-order chi connectivity index (χ0) is 95.9. The van der Waals surface area contributed by atoms with Gasteiger partial charge in [0, 0.05) is 144 Å². The number of anilines is 10. The van der Waals surface area contributed by atoms with Crippen LogP contribution in [0.5, 0.6) is 0 Å². The third-order valence-corrected chi connectivity index (χ3v) is 17.0. The van der Waals surface area contributed by atoms with E-state index in [0.717, 1.165) is 51.4 Å². The lowest BCUT2D eigenvalue weighted by Gasteiger charge is -2.15. The minimum atomic E-state index is -1.06. The summed E-state index contributed by atoms with van der Waals surface area (Å²) in [6.45, 7) is 18.4. The monoisotopic (exact) mass is 1800 g/mol. The van der Waals surface area contributed by atoms with Gasteiger partial charge in [-0.2, -0.15) is 0 Å². The van der Waals surface area contributed by atoms with E-state index in [-0.39, 0.29) is 242 Å². The summed E-state index contributed by atoms with van der Waals surface area (Å²) in [6.07, 6.45) is 11.1. The molecular weight excluding hydrogens is 1670 g/mol.